The van der Waals surface area contributed by atoms with Crippen LogP contribution in [0, 0.1) is 0 Å². The maximum atomic E-state index is 11.1. The van der Waals surface area contributed by atoms with Gasteiger partial charge in [0.05, 0.1) is 19.4 Å². The molecular weight excluding hydrogens is 248 g/mol. The van der Waals surface area contributed by atoms with E-state index in [0.717, 1.165) is 0 Å². The number of ether oxygens (including phenoxy) is 1. The van der Waals surface area contributed by atoms with Gasteiger partial charge in [0.15, 0.2) is 0 Å². The number of aromatic hydroxyl groups is 1. The topological polar surface area (TPSA) is 83.8 Å². The van der Waals surface area contributed by atoms with Crippen LogP contribution in [0.2, 0.25) is 0 Å². The molecule has 1 aromatic carbocycles. The molecule has 0 spiro atoms. The van der Waals surface area contributed by atoms with Crippen LogP contribution in [0.15, 0.2) is 24.3 Å². The van der Waals surface area contributed by atoms with E-state index >= 15 is 0 Å². The molecule has 1 rings (SSSR count). The van der Waals surface area contributed by atoms with E-state index in [1.807, 2.05) is 0 Å². The lowest BCUT2D eigenvalue weighted by Crippen LogP contribution is -2.01. The number of rotatable bonds is 6. The average Bonchev–Trinajstić information content (AvgIpc) is 2.33. The van der Waals surface area contributed by atoms with Crippen molar-refractivity contribution in [2.75, 3.05) is 6.61 Å². The summed E-state index contributed by atoms with van der Waals surface area (Å²) in [5.41, 5.74) is 1.06. The first-order chi connectivity index (χ1) is 9.02. The number of carboxylic acid groups (broad SMARTS) is 1. The van der Waals surface area contributed by atoms with Gasteiger partial charge in [-0.1, -0.05) is 18.2 Å². The third-order valence-corrected chi connectivity index (χ3v) is 2.33. The second kappa shape index (κ2) is 7.20. The lowest BCUT2D eigenvalue weighted by atomic mass is 10.1. The monoisotopic (exact) mass is 264 g/mol. The van der Waals surface area contributed by atoms with E-state index in [1.165, 1.54) is 6.07 Å². The van der Waals surface area contributed by atoms with E-state index in [0.29, 0.717) is 17.7 Å². The van der Waals surface area contributed by atoms with Gasteiger partial charge in [-0.15, -0.1) is 0 Å². The fraction of sp³-hybridized carbons (Fsp3) is 0.286. The van der Waals surface area contributed by atoms with Crippen LogP contribution >= 0.6 is 0 Å². The van der Waals surface area contributed by atoms with Gasteiger partial charge < -0.3 is 14.9 Å². The SMILES string of the molecule is CCOC(=O)CC=Cc1cc(CC(=O)O)ccc1O. The number of carbonyl (C=O) groups excluding carboxylic acids is 1. The van der Waals surface area contributed by atoms with Gasteiger partial charge in [-0.2, -0.15) is 0 Å². The van der Waals surface area contributed by atoms with Crippen LogP contribution in [-0.2, 0) is 20.7 Å². The first kappa shape index (κ1) is 14.8. The minimum Gasteiger partial charge on any atom is -0.507 e. The first-order valence-electron chi connectivity index (χ1n) is 5.88. The summed E-state index contributed by atoms with van der Waals surface area (Å²) in [6.07, 6.45) is 3.13. The van der Waals surface area contributed by atoms with Gasteiger partial charge in [0.1, 0.15) is 5.75 Å². The Morgan fingerprint density at radius 2 is 2.11 bits per heavy atom. The molecule has 5 nitrogen and oxygen atoms in total. The molecule has 0 aliphatic carbocycles. The van der Waals surface area contributed by atoms with Crippen molar-refractivity contribution in [2.24, 2.45) is 0 Å². The van der Waals surface area contributed by atoms with Crippen molar-refractivity contribution in [2.45, 2.75) is 19.8 Å². The summed E-state index contributed by atoms with van der Waals surface area (Å²) < 4.78 is 4.76. The fourth-order valence-electron chi connectivity index (χ4n) is 1.52. The molecule has 2 N–H and O–H groups in total. The van der Waals surface area contributed by atoms with E-state index in [-0.39, 0.29) is 24.6 Å². The van der Waals surface area contributed by atoms with Crippen molar-refractivity contribution in [3.8, 4) is 5.75 Å². The van der Waals surface area contributed by atoms with Gasteiger partial charge in [0.2, 0.25) is 0 Å². The third-order valence-electron chi connectivity index (χ3n) is 2.33. The van der Waals surface area contributed by atoms with Crippen LogP contribution < -0.4 is 0 Å². The Morgan fingerprint density at radius 3 is 2.74 bits per heavy atom. The predicted molar refractivity (Wildman–Crippen MR) is 69.7 cm³/mol. The number of aliphatic carboxylic acids is 1. The van der Waals surface area contributed by atoms with E-state index in [4.69, 9.17) is 9.84 Å². The minimum absolute atomic E-state index is 0.0363. The molecule has 0 amide bonds. The normalized spacial score (nSPS) is 10.6. The highest BCUT2D eigenvalue weighted by molar-refractivity contribution is 5.74. The van der Waals surface area contributed by atoms with E-state index in [9.17, 15) is 14.7 Å². The molecule has 0 aliphatic rings. The molecule has 0 bridgehead atoms. The molecule has 1 aromatic rings. The highest BCUT2D eigenvalue weighted by Gasteiger charge is 2.04. The number of phenols is 1. The second-order valence-corrected chi connectivity index (χ2v) is 3.88. The van der Waals surface area contributed by atoms with Crippen LogP contribution in [0.4, 0.5) is 0 Å². The summed E-state index contributed by atoms with van der Waals surface area (Å²) in [7, 11) is 0. The van der Waals surface area contributed by atoms with E-state index in [2.05, 4.69) is 0 Å². The van der Waals surface area contributed by atoms with E-state index in [1.54, 1.807) is 31.2 Å². The molecule has 0 atom stereocenters. The zero-order valence-corrected chi connectivity index (χ0v) is 10.6. The zero-order valence-electron chi connectivity index (χ0n) is 10.6. The van der Waals surface area contributed by atoms with Crippen LogP contribution in [0.3, 0.4) is 0 Å². The van der Waals surface area contributed by atoms with Crippen molar-refractivity contribution in [3.05, 3.63) is 35.4 Å². The molecule has 0 saturated carbocycles. The smallest absolute Gasteiger partial charge is 0.309 e. The quantitative estimate of drug-likeness (QED) is 0.767. The Balaban J connectivity index is 2.73. The number of carbonyl (C=O) groups is 2. The molecule has 0 aliphatic heterocycles. The second-order valence-electron chi connectivity index (χ2n) is 3.88. The Labute approximate surface area is 111 Å². The van der Waals surface area contributed by atoms with Crippen molar-refractivity contribution in [1.82, 2.24) is 0 Å². The highest BCUT2D eigenvalue weighted by atomic mass is 16.5. The number of hydrogen-bond donors (Lipinski definition) is 2. The molecule has 0 fully saturated rings. The lowest BCUT2D eigenvalue weighted by molar-refractivity contribution is -0.142. The van der Waals surface area contributed by atoms with Gasteiger partial charge >= 0.3 is 11.9 Å². The van der Waals surface area contributed by atoms with Crippen LogP contribution in [0.25, 0.3) is 6.08 Å². The molecular formula is C14H16O5. The van der Waals surface area contributed by atoms with Crippen LogP contribution in [-0.4, -0.2) is 28.8 Å². The fourth-order valence-corrected chi connectivity index (χ4v) is 1.52. The largest absolute Gasteiger partial charge is 0.507 e. The first-order valence-corrected chi connectivity index (χ1v) is 5.88. The molecule has 0 unspecified atom stereocenters. The lowest BCUT2D eigenvalue weighted by Gasteiger charge is -2.03. The van der Waals surface area contributed by atoms with Gasteiger partial charge in [-0.05, 0) is 24.6 Å². The summed E-state index contributed by atoms with van der Waals surface area (Å²) in [6, 6.07) is 4.56. The molecule has 0 saturated heterocycles. The van der Waals surface area contributed by atoms with Crippen LogP contribution in [0.5, 0.6) is 5.75 Å². The summed E-state index contributed by atoms with van der Waals surface area (Å²) in [5, 5.41) is 18.3. The predicted octanol–water partition coefficient (Wildman–Crippen LogP) is 1.99. The van der Waals surface area contributed by atoms with Crippen molar-refractivity contribution >= 4 is 18.0 Å². The van der Waals surface area contributed by atoms with Crippen molar-refractivity contribution in [1.29, 1.82) is 0 Å². The average molecular weight is 264 g/mol. The number of hydrogen-bond acceptors (Lipinski definition) is 4. The molecule has 0 aromatic heterocycles. The highest BCUT2D eigenvalue weighted by Crippen LogP contribution is 2.20. The molecule has 0 radical (unpaired) electrons. The number of phenolic OH excluding ortho intramolecular Hbond substituents is 1. The summed E-state index contributed by atoms with van der Waals surface area (Å²) in [4.78, 5) is 21.7. The Morgan fingerprint density at radius 1 is 1.37 bits per heavy atom. The summed E-state index contributed by atoms with van der Waals surface area (Å²) in [5.74, 6) is -1.25. The summed E-state index contributed by atoms with van der Waals surface area (Å²) in [6.45, 7) is 2.05. The Hall–Kier alpha value is -2.30. The molecule has 19 heavy (non-hydrogen) atoms. The Kier molecular flexibility index (Phi) is 5.60. The van der Waals surface area contributed by atoms with Crippen LogP contribution in [0.1, 0.15) is 24.5 Å². The number of esters is 1. The number of benzene rings is 1. The zero-order chi connectivity index (χ0) is 14.3. The standard InChI is InChI=1S/C14H16O5/c1-2-19-14(18)5-3-4-11-8-10(9-13(16)17)6-7-12(11)15/h3-4,6-8,15H,2,5,9H2,1H3,(H,16,17). The van der Waals surface area contributed by atoms with E-state index < -0.39 is 5.97 Å². The van der Waals surface area contributed by atoms with Crippen molar-refractivity contribution in [3.63, 3.8) is 0 Å². The third kappa shape index (κ3) is 5.25. The summed E-state index contributed by atoms with van der Waals surface area (Å²) >= 11 is 0. The Bertz CT molecular complexity index is 491. The molecule has 5 heteroatoms. The number of carboxylic acids is 1. The van der Waals surface area contributed by atoms with Crippen molar-refractivity contribution < 1.29 is 24.5 Å². The maximum Gasteiger partial charge on any atom is 0.309 e. The van der Waals surface area contributed by atoms with Gasteiger partial charge in [-0.3, -0.25) is 9.59 Å². The molecule has 0 heterocycles. The van der Waals surface area contributed by atoms with Gasteiger partial charge in [-0.25, -0.2) is 0 Å². The minimum atomic E-state index is -0.938. The van der Waals surface area contributed by atoms with Gasteiger partial charge in [0.25, 0.3) is 0 Å². The molecule has 102 valence electrons. The van der Waals surface area contributed by atoms with Gasteiger partial charge in [0, 0.05) is 5.56 Å². The maximum absolute atomic E-state index is 11.1.